The predicted octanol–water partition coefficient (Wildman–Crippen LogP) is 0.936. The number of carboxylic acid groups (broad SMARTS) is 1. The molecule has 0 bridgehead atoms. The van der Waals surface area contributed by atoms with Gasteiger partial charge < -0.3 is 15.2 Å². The van der Waals surface area contributed by atoms with Crippen molar-refractivity contribution in [1.82, 2.24) is 5.32 Å². The number of nitrogens with one attached hydrogen (secondary N) is 1. The molecule has 0 saturated carbocycles. The first-order valence-corrected chi connectivity index (χ1v) is 5.40. The van der Waals surface area contributed by atoms with Crippen molar-refractivity contribution in [2.24, 2.45) is 5.41 Å². The van der Waals surface area contributed by atoms with Crippen LogP contribution >= 0.6 is 0 Å². The normalized spacial score (nSPS) is 22.1. The maximum Gasteiger partial charge on any atom is 0.490 e. The lowest BCUT2D eigenvalue weighted by molar-refractivity contribution is -0.192. The minimum Gasteiger partial charge on any atom is -0.475 e. The van der Waals surface area contributed by atoms with Crippen LogP contribution in [0.15, 0.2) is 0 Å². The standard InChI is InChI=1S/C8H13NO2.C2HF3O2/c10-7-5-8(6-9-7)1-3-11-4-2-8;3-2(4,5)1(6)7/h1-6H2,(H,9,10);(H,6,7). The molecule has 8 heteroatoms. The van der Waals surface area contributed by atoms with E-state index in [0.29, 0.717) is 0 Å². The Labute approximate surface area is 101 Å². The average molecular weight is 269 g/mol. The van der Waals surface area contributed by atoms with E-state index in [9.17, 15) is 18.0 Å². The highest BCUT2D eigenvalue weighted by Crippen LogP contribution is 2.36. The molecular weight excluding hydrogens is 255 g/mol. The van der Waals surface area contributed by atoms with E-state index in [0.717, 1.165) is 39.0 Å². The van der Waals surface area contributed by atoms with Gasteiger partial charge in [0.2, 0.25) is 5.91 Å². The van der Waals surface area contributed by atoms with Crippen molar-refractivity contribution >= 4 is 11.9 Å². The monoisotopic (exact) mass is 269 g/mol. The van der Waals surface area contributed by atoms with E-state index in [1.165, 1.54) is 0 Å². The van der Waals surface area contributed by atoms with E-state index < -0.39 is 12.1 Å². The Bertz CT molecular complexity index is 324. The Hall–Kier alpha value is -1.31. The third-order valence-corrected chi connectivity index (χ3v) is 2.99. The highest BCUT2D eigenvalue weighted by Gasteiger charge is 2.39. The second kappa shape index (κ2) is 5.55. The van der Waals surface area contributed by atoms with Crippen molar-refractivity contribution in [1.29, 1.82) is 0 Å². The minimum absolute atomic E-state index is 0.215. The van der Waals surface area contributed by atoms with Gasteiger partial charge in [0.25, 0.3) is 0 Å². The summed E-state index contributed by atoms with van der Waals surface area (Å²) in [4.78, 5) is 19.9. The van der Waals surface area contributed by atoms with E-state index >= 15 is 0 Å². The Morgan fingerprint density at radius 3 is 2.17 bits per heavy atom. The molecule has 18 heavy (non-hydrogen) atoms. The fraction of sp³-hybridized carbons (Fsp3) is 0.800. The summed E-state index contributed by atoms with van der Waals surface area (Å²) in [6.07, 6.45) is -2.27. The highest BCUT2D eigenvalue weighted by molar-refractivity contribution is 5.79. The summed E-state index contributed by atoms with van der Waals surface area (Å²) in [5.74, 6) is -2.54. The van der Waals surface area contributed by atoms with Crippen LogP contribution in [-0.2, 0) is 14.3 Å². The molecule has 0 atom stereocenters. The quantitative estimate of drug-likeness (QED) is 0.686. The summed E-state index contributed by atoms with van der Waals surface area (Å²) in [5.41, 5.74) is 0.259. The minimum atomic E-state index is -5.08. The van der Waals surface area contributed by atoms with Crippen LogP contribution in [0.3, 0.4) is 0 Å². The Kier molecular flexibility index (Phi) is 4.55. The smallest absolute Gasteiger partial charge is 0.475 e. The Morgan fingerprint density at radius 1 is 1.33 bits per heavy atom. The first-order chi connectivity index (χ1) is 8.25. The summed E-state index contributed by atoms with van der Waals surface area (Å²) in [6.45, 7) is 2.53. The van der Waals surface area contributed by atoms with Crippen molar-refractivity contribution in [2.75, 3.05) is 19.8 Å². The van der Waals surface area contributed by atoms with Gasteiger partial charge in [-0.1, -0.05) is 0 Å². The first kappa shape index (κ1) is 14.7. The number of rotatable bonds is 0. The molecule has 0 aromatic carbocycles. The zero-order chi connectivity index (χ0) is 13.8. The summed E-state index contributed by atoms with van der Waals surface area (Å²) in [5, 5.41) is 10.0. The maximum atomic E-state index is 11.0. The van der Waals surface area contributed by atoms with Gasteiger partial charge in [0, 0.05) is 31.6 Å². The zero-order valence-electron chi connectivity index (χ0n) is 9.55. The molecule has 5 nitrogen and oxygen atoms in total. The van der Waals surface area contributed by atoms with Crippen molar-refractivity contribution in [3.8, 4) is 0 Å². The number of hydrogen-bond acceptors (Lipinski definition) is 3. The van der Waals surface area contributed by atoms with Crippen LogP contribution in [0.5, 0.6) is 0 Å². The van der Waals surface area contributed by atoms with Gasteiger partial charge in [0.05, 0.1) is 0 Å². The van der Waals surface area contributed by atoms with Crippen molar-refractivity contribution in [2.45, 2.75) is 25.4 Å². The van der Waals surface area contributed by atoms with Gasteiger partial charge in [0.1, 0.15) is 0 Å². The number of amides is 1. The van der Waals surface area contributed by atoms with Gasteiger partial charge in [0.15, 0.2) is 0 Å². The topological polar surface area (TPSA) is 75.6 Å². The van der Waals surface area contributed by atoms with E-state index in [1.807, 2.05) is 0 Å². The highest BCUT2D eigenvalue weighted by atomic mass is 19.4. The van der Waals surface area contributed by atoms with E-state index in [-0.39, 0.29) is 11.3 Å². The van der Waals surface area contributed by atoms with Gasteiger partial charge in [-0.05, 0) is 12.8 Å². The molecule has 2 heterocycles. The summed E-state index contributed by atoms with van der Waals surface area (Å²) in [7, 11) is 0. The molecule has 2 fully saturated rings. The van der Waals surface area contributed by atoms with Gasteiger partial charge in [-0.15, -0.1) is 0 Å². The molecule has 0 aromatic heterocycles. The van der Waals surface area contributed by atoms with Crippen LogP contribution in [0.4, 0.5) is 13.2 Å². The third-order valence-electron chi connectivity index (χ3n) is 2.99. The van der Waals surface area contributed by atoms with Crippen LogP contribution in [0.2, 0.25) is 0 Å². The van der Waals surface area contributed by atoms with Crippen LogP contribution in [0.1, 0.15) is 19.3 Å². The molecular formula is C10H14F3NO4. The molecule has 1 amide bonds. The number of aliphatic carboxylic acids is 1. The molecule has 0 aliphatic carbocycles. The largest absolute Gasteiger partial charge is 0.490 e. The van der Waals surface area contributed by atoms with Crippen LogP contribution in [-0.4, -0.2) is 42.9 Å². The van der Waals surface area contributed by atoms with E-state index in [4.69, 9.17) is 14.6 Å². The number of carbonyl (C=O) groups excluding carboxylic acids is 1. The van der Waals surface area contributed by atoms with Crippen LogP contribution < -0.4 is 5.32 Å². The molecule has 2 aliphatic heterocycles. The van der Waals surface area contributed by atoms with Crippen molar-refractivity contribution in [3.05, 3.63) is 0 Å². The van der Waals surface area contributed by atoms with Gasteiger partial charge in [-0.3, -0.25) is 4.79 Å². The molecule has 0 unspecified atom stereocenters. The Balaban J connectivity index is 0.000000203. The summed E-state index contributed by atoms with van der Waals surface area (Å²) < 4.78 is 37.0. The summed E-state index contributed by atoms with van der Waals surface area (Å²) >= 11 is 0. The molecule has 2 aliphatic rings. The molecule has 2 N–H and O–H groups in total. The molecule has 1 spiro atoms. The first-order valence-electron chi connectivity index (χ1n) is 5.40. The van der Waals surface area contributed by atoms with Crippen molar-refractivity contribution < 1.29 is 32.6 Å². The third kappa shape index (κ3) is 4.17. The number of hydrogen-bond donors (Lipinski definition) is 2. The zero-order valence-corrected chi connectivity index (χ0v) is 9.55. The number of halogens is 3. The van der Waals surface area contributed by atoms with Crippen molar-refractivity contribution in [3.63, 3.8) is 0 Å². The van der Waals surface area contributed by atoms with Crippen LogP contribution in [0, 0.1) is 5.41 Å². The van der Waals surface area contributed by atoms with Gasteiger partial charge in [-0.2, -0.15) is 13.2 Å². The maximum absolute atomic E-state index is 11.0. The number of carboxylic acids is 1. The SMILES string of the molecule is O=C(O)C(F)(F)F.O=C1CC2(CCOCC2)CN1. The number of ether oxygens (including phenoxy) is 1. The Morgan fingerprint density at radius 2 is 1.83 bits per heavy atom. The fourth-order valence-electron chi connectivity index (χ4n) is 1.91. The molecule has 2 rings (SSSR count). The average Bonchev–Trinajstić information content (AvgIpc) is 2.60. The predicted molar refractivity (Wildman–Crippen MR) is 53.8 cm³/mol. The lowest BCUT2D eigenvalue weighted by atomic mass is 9.80. The lowest BCUT2D eigenvalue weighted by Gasteiger charge is -2.31. The van der Waals surface area contributed by atoms with Gasteiger partial charge >= 0.3 is 12.1 Å². The second-order valence-electron chi connectivity index (χ2n) is 4.37. The molecule has 0 aromatic rings. The van der Waals surface area contributed by atoms with E-state index in [1.54, 1.807) is 0 Å². The molecule has 2 saturated heterocycles. The summed E-state index contributed by atoms with van der Waals surface area (Å²) in [6, 6.07) is 0. The number of alkyl halides is 3. The molecule has 104 valence electrons. The lowest BCUT2D eigenvalue weighted by Crippen LogP contribution is -2.31. The van der Waals surface area contributed by atoms with Crippen LogP contribution in [0.25, 0.3) is 0 Å². The molecule has 0 radical (unpaired) electrons. The second-order valence-corrected chi connectivity index (χ2v) is 4.37. The van der Waals surface area contributed by atoms with E-state index in [2.05, 4.69) is 5.32 Å². The fourth-order valence-corrected chi connectivity index (χ4v) is 1.91. The number of carbonyl (C=O) groups is 2. The van der Waals surface area contributed by atoms with Gasteiger partial charge in [-0.25, -0.2) is 4.79 Å².